The summed E-state index contributed by atoms with van der Waals surface area (Å²) in [6, 6.07) is 0. The fraction of sp³-hybridized carbons (Fsp3) is 0.918. The average Bonchev–Trinajstić information content (AvgIpc) is 3.39. The number of hydrogen-bond donors (Lipinski definition) is 6. The van der Waals surface area contributed by atoms with Crippen molar-refractivity contribution in [3.63, 3.8) is 0 Å². The van der Waals surface area contributed by atoms with Crippen molar-refractivity contribution in [2.75, 3.05) is 19.8 Å². The number of allylic oxidation sites excluding steroid dienone is 4. The van der Waals surface area contributed by atoms with Crippen LogP contribution < -0.4 is 0 Å². The van der Waals surface area contributed by atoms with E-state index in [1.54, 1.807) is 0 Å². The van der Waals surface area contributed by atoms with Gasteiger partial charge in [0.25, 0.3) is 0 Å². The van der Waals surface area contributed by atoms with Crippen molar-refractivity contribution in [3.8, 4) is 0 Å². The van der Waals surface area contributed by atoms with Crippen molar-refractivity contribution in [2.45, 2.75) is 339 Å². The van der Waals surface area contributed by atoms with Crippen LogP contribution in [-0.2, 0) is 27.9 Å². The van der Waals surface area contributed by atoms with E-state index < -0.39 is 63.1 Å². The summed E-state index contributed by atoms with van der Waals surface area (Å²) in [5.74, 6) is -0.469. The molecule has 0 spiro atoms. The zero-order valence-corrected chi connectivity index (χ0v) is 48.6. The van der Waals surface area contributed by atoms with Crippen LogP contribution in [0.4, 0.5) is 0 Å². The minimum Gasteiger partial charge on any atom is -0.457 e. The Morgan fingerprint density at radius 2 is 0.757 bits per heavy atom. The summed E-state index contributed by atoms with van der Waals surface area (Å²) in [7, 11) is -5.03. The van der Waals surface area contributed by atoms with E-state index in [0.717, 1.165) is 44.9 Å². The van der Waals surface area contributed by atoms with E-state index in [2.05, 4.69) is 38.2 Å². The van der Waals surface area contributed by atoms with E-state index in [-0.39, 0.29) is 13.0 Å². The zero-order valence-electron chi connectivity index (χ0n) is 47.7. The number of phosphoric ester groups is 1. The van der Waals surface area contributed by atoms with Gasteiger partial charge in [-0.25, -0.2) is 4.57 Å². The highest BCUT2D eigenvalue weighted by Gasteiger charge is 2.51. The second-order valence-corrected chi connectivity index (χ2v) is 23.3. The quantitative estimate of drug-likeness (QED) is 0.0146. The van der Waals surface area contributed by atoms with Crippen molar-refractivity contribution >= 4 is 13.8 Å². The molecule has 438 valence electrons. The molecule has 1 fully saturated rings. The number of aliphatic hydroxyl groups is 5. The topological polar surface area (TPSA) is 192 Å². The maximum Gasteiger partial charge on any atom is 0.472 e. The zero-order chi connectivity index (χ0) is 54.0. The van der Waals surface area contributed by atoms with Crippen LogP contribution in [0.3, 0.4) is 0 Å². The van der Waals surface area contributed by atoms with Gasteiger partial charge < -0.3 is 39.9 Å². The molecule has 13 heteroatoms. The third kappa shape index (κ3) is 41.9. The molecular formula is C61H117O12P. The van der Waals surface area contributed by atoms with Crippen LogP contribution in [0, 0.1) is 0 Å². The number of phosphoric acid groups is 1. The van der Waals surface area contributed by atoms with E-state index in [0.29, 0.717) is 13.0 Å². The van der Waals surface area contributed by atoms with Crippen molar-refractivity contribution in [1.82, 2.24) is 0 Å². The van der Waals surface area contributed by atoms with Gasteiger partial charge in [0.15, 0.2) is 0 Å². The lowest BCUT2D eigenvalue weighted by Crippen LogP contribution is -2.64. The molecule has 74 heavy (non-hydrogen) atoms. The summed E-state index contributed by atoms with van der Waals surface area (Å²) in [6.45, 7) is 4.32. The highest BCUT2D eigenvalue weighted by Crippen LogP contribution is 2.47. The number of carbonyl (C=O) groups is 1. The summed E-state index contributed by atoms with van der Waals surface area (Å²) >= 11 is 0. The van der Waals surface area contributed by atoms with Gasteiger partial charge in [-0.05, 0) is 44.9 Å². The van der Waals surface area contributed by atoms with Gasteiger partial charge in [-0.15, -0.1) is 0 Å². The second-order valence-electron chi connectivity index (χ2n) is 21.9. The monoisotopic (exact) mass is 1070 g/mol. The molecule has 1 rings (SSSR count). The third-order valence-electron chi connectivity index (χ3n) is 14.8. The highest BCUT2D eigenvalue weighted by molar-refractivity contribution is 7.47. The predicted octanol–water partition coefficient (Wildman–Crippen LogP) is 15.6. The number of hydrogen-bond acceptors (Lipinski definition) is 11. The number of rotatable bonds is 55. The molecule has 6 unspecified atom stereocenters. The molecule has 0 bridgehead atoms. The fourth-order valence-corrected chi connectivity index (χ4v) is 10.9. The van der Waals surface area contributed by atoms with E-state index in [4.69, 9.17) is 18.5 Å². The van der Waals surface area contributed by atoms with Gasteiger partial charge in [-0.2, -0.15) is 0 Å². The van der Waals surface area contributed by atoms with Crippen LogP contribution >= 0.6 is 7.82 Å². The lowest BCUT2D eigenvalue weighted by Gasteiger charge is -2.41. The van der Waals surface area contributed by atoms with E-state index >= 15 is 0 Å². The van der Waals surface area contributed by atoms with Gasteiger partial charge >= 0.3 is 13.8 Å². The lowest BCUT2D eigenvalue weighted by atomic mass is 9.85. The molecule has 0 amide bonds. The molecule has 6 atom stereocenters. The van der Waals surface area contributed by atoms with Gasteiger partial charge in [-0.1, -0.05) is 269 Å². The molecule has 0 aromatic heterocycles. The molecule has 6 N–H and O–H groups in total. The summed E-state index contributed by atoms with van der Waals surface area (Å²) in [6.07, 6.45) is 51.1. The minimum absolute atomic E-state index is 0.0723. The van der Waals surface area contributed by atoms with Gasteiger partial charge in [-0.3, -0.25) is 13.8 Å². The summed E-state index contributed by atoms with van der Waals surface area (Å²) in [5, 5.41) is 50.5. The van der Waals surface area contributed by atoms with Gasteiger partial charge in [0, 0.05) is 13.0 Å². The predicted molar refractivity (Wildman–Crippen MR) is 304 cm³/mol. The van der Waals surface area contributed by atoms with Crippen LogP contribution in [0.1, 0.15) is 296 Å². The number of unbranched alkanes of at least 4 members (excludes halogenated alkanes) is 39. The lowest BCUT2D eigenvalue weighted by molar-refractivity contribution is -0.220. The highest BCUT2D eigenvalue weighted by atomic mass is 31.2. The Morgan fingerprint density at radius 3 is 1.14 bits per heavy atom. The Labute approximate surface area is 453 Å². The van der Waals surface area contributed by atoms with Gasteiger partial charge in [0.2, 0.25) is 0 Å². The van der Waals surface area contributed by atoms with Gasteiger partial charge in [0.1, 0.15) is 42.7 Å². The molecule has 12 nitrogen and oxygen atoms in total. The molecule has 0 aliphatic heterocycles. The number of ether oxygens (including phenoxy) is 2. The SMILES string of the molecule is CCCCCCC/C=C\C/C=C\CCCCCCCCCCCCCCOCC(COP(=O)(O)OC1C(O)C(O)C(O)C(O)C1O)OC(=O)CCCCCCCCCCCCCCCCCCCCCCCCC. The second kappa shape index (κ2) is 51.3. The van der Waals surface area contributed by atoms with Gasteiger partial charge in [0.05, 0.1) is 13.2 Å². The van der Waals surface area contributed by atoms with Crippen LogP contribution in [0.15, 0.2) is 24.3 Å². The standard InChI is InChI=1S/C61H117O12P/c1-3-5-7-9-11-13-15-17-19-21-23-25-27-29-31-33-35-37-39-41-43-45-47-49-51-70-52-54(53-71-74(68,69)73-61-59(66)57(64)56(63)58(65)60(61)67)72-55(62)50-48-46-44-42-40-38-36-34-32-30-28-26-24-22-20-18-16-14-12-10-8-6-4-2/h15,17,21,23,54,56-61,63-67H,3-14,16,18-20,22,24-53H2,1-2H3,(H,68,69)/b17-15-,23-21-. The maximum absolute atomic E-state index is 12.9. The molecule has 1 aliphatic carbocycles. The summed E-state index contributed by atoms with van der Waals surface area (Å²) in [4.78, 5) is 23.4. The largest absolute Gasteiger partial charge is 0.472 e. The Bertz CT molecular complexity index is 1320. The minimum atomic E-state index is -5.03. The Kier molecular flexibility index (Phi) is 49.1. The first-order valence-corrected chi connectivity index (χ1v) is 32.7. The first kappa shape index (κ1) is 70.8. The normalized spacial score (nSPS) is 20.5. The molecule has 0 aromatic rings. The number of esters is 1. The Balaban J connectivity index is 2.23. The fourth-order valence-electron chi connectivity index (χ4n) is 9.92. The smallest absolute Gasteiger partial charge is 0.457 e. The Morgan fingerprint density at radius 1 is 0.432 bits per heavy atom. The molecular weight excluding hydrogens is 956 g/mol. The molecule has 1 saturated carbocycles. The van der Waals surface area contributed by atoms with E-state index in [1.165, 1.54) is 225 Å². The molecule has 0 radical (unpaired) electrons. The van der Waals surface area contributed by atoms with E-state index in [1.807, 2.05) is 0 Å². The van der Waals surface area contributed by atoms with Crippen LogP contribution in [0.25, 0.3) is 0 Å². The van der Waals surface area contributed by atoms with Crippen LogP contribution in [0.5, 0.6) is 0 Å². The third-order valence-corrected chi connectivity index (χ3v) is 15.8. The molecule has 1 aliphatic rings. The summed E-state index contributed by atoms with van der Waals surface area (Å²) in [5.41, 5.74) is 0. The molecule has 0 aromatic carbocycles. The van der Waals surface area contributed by atoms with Crippen molar-refractivity contribution < 1.29 is 58.3 Å². The van der Waals surface area contributed by atoms with Crippen molar-refractivity contribution in [3.05, 3.63) is 24.3 Å². The number of aliphatic hydroxyl groups excluding tert-OH is 5. The van der Waals surface area contributed by atoms with Crippen molar-refractivity contribution in [2.24, 2.45) is 0 Å². The molecule has 0 saturated heterocycles. The first-order chi connectivity index (χ1) is 36.0. The molecule has 0 heterocycles. The van der Waals surface area contributed by atoms with E-state index in [9.17, 15) is 39.8 Å². The van der Waals surface area contributed by atoms with Crippen molar-refractivity contribution in [1.29, 1.82) is 0 Å². The van der Waals surface area contributed by atoms with Crippen LogP contribution in [0.2, 0.25) is 0 Å². The average molecular weight is 1070 g/mol. The van der Waals surface area contributed by atoms with Crippen LogP contribution in [-0.4, -0.2) is 98.9 Å². The number of carbonyl (C=O) groups excluding carboxylic acids is 1. The maximum atomic E-state index is 12.9. The first-order valence-electron chi connectivity index (χ1n) is 31.2. The summed E-state index contributed by atoms with van der Waals surface area (Å²) < 4.78 is 34.5. The Hall–Kier alpha value is -1.18.